The van der Waals surface area contributed by atoms with E-state index in [2.05, 4.69) is 28.4 Å². The molecule has 0 radical (unpaired) electrons. The number of esters is 1. The van der Waals surface area contributed by atoms with Crippen LogP contribution in [0.2, 0.25) is 0 Å². The van der Waals surface area contributed by atoms with E-state index in [1.807, 2.05) is 0 Å². The van der Waals surface area contributed by atoms with Crippen molar-refractivity contribution in [1.29, 1.82) is 0 Å². The van der Waals surface area contributed by atoms with Crippen molar-refractivity contribution in [2.75, 3.05) is 13.2 Å². The van der Waals surface area contributed by atoms with E-state index in [1.165, 1.54) is 0 Å². The summed E-state index contributed by atoms with van der Waals surface area (Å²) in [6.07, 6.45) is 0.129. The Bertz CT molecular complexity index is 300. The molecular weight excluding hydrogens is 228 g/mol. The van der Waals surface area contributed by atoms with Gasteiger partial charge in [-0.15, -0.1) is 0 Å². The van der Waals surface area contributed by atoms with Crippen LogP contribution in [0.15, 0.2) is 24.8 Å². The van der Waals surface area contributed by atoms with E-state index in [0.717, 1.165) is 6.08 Å². The molecule has 4 N–H and O–H groups in total. The van der Waals surface area contributed by atoms with Gasteiger partial charge in [-0.25, -0.2) is 9.59 Å². The number of primary amides is 2. The number of carbonyl (C=O) groups excluding carboxylic acids is 3. The standard InChI is InChI=1S/C6H9NO4.C4H7NO/c1-2-5(8)10-3-4-11-6(7)9;1-3(2)4(5)6/h2H,1,3-4H2,(H2,7,9);1H2,2H3,(H2,5,6). The van der Waals surface area contributed by atoms with Crippen molar-refractivity contribution in [3.8, 4) is 0 Å². The van der Waals surface area contributed by atoms with Gasteiger partial charge >= 0.3 is 12.1 Å². The van der Waals surface area contributed by atoms with Crippen molar-refractivity contribution in [1.82, 2.24) is 0 Å². The van der Waals surface area contributed by atoms with Crippen molar-refractivity contribution in [3.05, 3.63) is 24.8 Å². The number of hydrogen-bond acceptors (Lipinski definition) is 5. The molecule has 0 heterocycles. The first-order chi connectivity index (χ1) is 7.81. The molecule has 0 saturated carbocycles. The number of ether oxygens (including phenoxy) is 2. The molecular formula is C10H16N2O5. The van der Waals surface area contributed by atoms with Gasteiger partial charge in [0.1, 0.15) is 13.2 Å². The number of nitrogens with two attached hydrogens (primary N) is 2. The summed E-state index contributed by atoms with van der Waals surface area (Å²) in [6.45, 7) is 7.98. The lowest BCUT2D eigenvalue weighted by Gasteiger charge is -2.00. The van der Waals surface area contributed by atoms with Crippen LogP contribution in [0.25, 0.3) is 0 Å². The summed E-state index contributed by atoms with van der Waals surface area (Å²) in [7, 11) is 0. The Morgan fingerprint density at radius 2 is 1.59 bits per heavy atom. The van der Waals surface area contributed by atoms with E-state index in [9.17, 15) is 14.4 Å². The van der Waals surface area contributed by atoms with Crippen LogP contribution in [0.3, 0.4) is 0 Å². The molecule has 0 fully saturated rings. The minimum atomic E-state index is -0.889. The third-order valence-electron chi connectivity index (χ3n) is 1.16. The summed E-state index contributed by atoms with van der Waals surface area (Å²) in [5.41, 5.74) is 9.71. The fourth-order valence-electron chi connectivity index (χ4n) is 0.343. The number of hydrogen-bond donors (Lipinski definition) is 2. The summed E-state index contributed by atoms with van der Waals surface area (Å²) in [5.74, 6) is -0.993. The van der Waals surface area contributed by atoms with E-state index in [0.29, 0.717) is 5.57 Å². The van der Waals surface area contributed by atoms with Gasteiger partial charge < -0.3 is 20.9 Å². The van der Waals surface area contributed by atoms with Crippen LogP contribution in [0, 0.1) is 0 Å². The lowest BCUT2D eigenvalue weighted by atomic mass is 10.3. The maximum absolute atomic E-state index is 10.3. The van der Waals surface area contributed by atoms with E-state index in [4.69, 9.17) is 5.73 Å². The van der Waals surface area contributed by atoms with Crippen molar-refractivity contribution >= 4 is 18.0 Å². The normalized spacial score (nSPS) is 8.06. The van der Waals surface area contributed by atoms with Crippen LogP contribution in [-0.2, 0) is 19.1 Å². The van der Waals surface area contributed by atoms with Crippen LogP contribution in [0.4, 0.5) is 4.79 Å². The smallest absolute Gasteiger partial charge is 0.404 e. The third-order valence-corrected chi connectivity index (χ3v) is 1.16. The van der Waals surface area contributed by atoms with Gasteiger partial charge in [0.05, 0.1) is 0 Å². The minimum absolute atomic E-state index is 0.00616. The maximum atomic E-state index is 10.3. The van der Waals surface area contributed by atoms with Crippen LogP contribution < -0.4 is 11.5 Å². The average molecular weight is 244 g/mol. The Morgan fingerprint density at radius 3 is 1.88 bits per heavy atom. The van der Waals surface area contributed by atoms with E-state index in [1.54, 1.807) is 6.92 Å². The topological polar surface area (TPSA) is 122 Å². The molecule has 0 aromatic carbocycles. The molecule has 2 amide bonds. The fourth-order valence-corrected chi connectivity index (χ4v) is 0.343. The van der Waals surface area contributed by atoms with Gasteiger partial charge in [-0.1, -0.05) is 13.2 Å². The molecule has 0 saturated heterocycles. The monoisotopic (exact) mass is 244 g/mol. The lowest BCUT2D eigenvalue weighted by molar-refractivity contribution is -0.138. The van der Waals surface area contributed by atoms with Gasteiger partial charge in [0.25, 0.3) is 0 Å². The largest absolute Gasteiger partial charge is 0.459 e. The summed E-state index contributed by atoms with van der Waals surface area (Å²) in [5, 5.41) is 0. The van der Waals surface area contributed by atoms with Crippen molar-refractivity contribution in [2.24, 2.45) is 11.5 Å². The first-order valence-corrected chi connectivity index (χ1v) is 4.48. The van der Waals surface area contributed by atoms with Gasteiger partial charge in [-0.3, -0.25) is 4.79 Å². The highest BCUT2D eigenvalue weighted by molar-refractivity contribution is 5.90. The molecule has 0 aromatic heterocycles. The Kier molecular flexibility index (Phi) is 10.3. The van der Waals surface area contributed by atoms with Gasteiger partial charge in [-0.05, 0) is 6.92 Å². The maximum Gasteiger partial charge on any atom is 0.404 e. The van der Waals surface area contributed by atoms with Crippen molar-refractivity contribution in [2.45, 2.75) is 6.92 Å². The molecule has 0 unspecified atom stereocenters. The summed E-state index contributed by atoms with van der Waals surface area (Å²) < 4.78 is 8.72. The minimum Gasteiger partial charge on any atom is -0.459 e. The highest BCUT2D eigenvalue weighted by atomic mass is 16.6. The van der Waals surface area contributed by atoms with Gasteiger partial charge in [0.15, 0.2) is 0 Å². The average Bonchev–Trinajstić information content (AvgIpc) is 2.24. The number of carbonyl (C=O) groups is 3. The zero-order chi connectivity index (χ0) is 13.8. The van der Waals surface area contributed by atoms with Crippen LogP contribution in [0.5, 0.6) is 0 Å². The Morgan fingerprint density at radius 1 is 1.18 bits per heavy atom. The molecule has 0 aliphatic heterocycles. The second-order valence-corrected chi connectivity index (χ2v) is 2.68. The zero-order valence-electron chi connectivity index (χ0n) is 9.60. The quantitative estimate of drug-likeness (QED) is 0.396. The van der Waals surface area contributed by atoms with Crippen LogP contribution in [-0.4, -0.2) is 31.2 Å². The molecule has 0 rings (SSSR count). The van der Waals surface area contributed by atoms with Crippen molar-refractivity contribution < 1.29 is 23.9 Å². The molecule has 0 aliphatic rings. The van der Waals surface area contributed by atoms with Gasteiger partial charge in [0.2, 0.25) is 5.91 Å². The molecule has 0 atom stereocenters. The van der Waals surface area contributed by atoms with Gasteiger partial charge in [-0.2, -0.15) is 0 Å². The number of amides is 2. The Labute approximate surface area is 99.0 Å². The molecule has 7 heteroatoms. The SMILES string of the molecule is C=C(C)C(N)=O.C=CC(=O)OCCOC(N)=O. The Balaban J connectivity index is 0. The molecule has 96 valence electrons. The highest BCUT2D eigenvalue weighted by Gasteiger charge is 1.96. The van der Waals surface area contributed by atoms with Gasteiger partial charge in [0, 0.05) is 11.6 Å². The lowest BCUT2D eigenvalue weighted by Crippen LogP contribution is -2.17. The second kappa shape index (κ2) is 10.2. The van der Waals surface area contributed by atoms with Crippen LogP contribution >= 0.6 is 0 Å². The molecule has 17 heavy (non-hydrogen) atoms. The summed E-state index contributed by atoms with van der Waals surface area (Å²) in [4.78, 5) is 30.1. The highest BCUT2D eigenvalue weighted by Crippen LogP contribution is 1.80. The first-order valence-electron chi connectivity index (χ1n) is 4.48. The van der Waals surface area contributed by atoms with E-state index >= 15 is 0 Å². The summed E-state index contributed by atoms with van der Waals surface area (Å²) in [6, 6.07) is 0. The number of rotatable bonds is 5. The molecule has 0 bridgehead atoms. The fraction of sp³-hybridized carbons (Fsp3) is 0.300. The molecule has 0 aromatic rings. The Hall–Kier alpha value is -2.31. The van der Waals surface area contributed by atoms with E-state index < -0.39 is 18.0 Å². The predicted molar refractivity (Wildman–Crippen MR) is 60.7 cm³/mol. The summed E-state index contributed by atoms with van der Waals surface area (Å²) >= 11 is 0. The molecule has 7 nitrogen and oxygen atoms in total. The van der Waals surface area contributed by atoms with Crippen LogP contribution in [0.1, 0.15) is 6.92 Å². The zero-order valence-corrected chi connectivity index (χ0v) is 9.60. The third kappa shape index (κ3) is 16.4. The molecule has 0 aliphatic carbocycles. The second-order valence-electron chi connectivity index (χ2n) is 2.68. The molecule has 0 spiro atoms. The predicted octanol–water partition coefficient (Wildman–Crippen LogP) is -0.141. The van der Waals surface area contributed by atoms with E-state index in [-0.39, 0.29) is 13.2 Å². The van der Waals surface area contributed by atoms with Crippen molar-refractivity contribution in [3.63, 3.8) is 0 Å². The first kappa shape index (κ1) is 17.1.